The molecule has 3 amide bonds. The van der Waals surface area contributed by atoms with Gasteiger partial charge < -0.3 is 19.6 Å². The van der Waals surface area contributed by atoms with Crippen molar-refractivity contribution in [2.24, 2.45) is 11.8 Å². The highest BCUT2D eigenvalue weighted by atomic mass is 16.7. The maximum absolute atomic E-state index is 12.6. The molecule has 0 radical (unpaired) electrons. The van der Waals surface area contributed by atoms with Crippen molar-refractivity contribution in [1.29, 1.82) is 0 Å². The first-order valence-corrected chi connectivity index (χ1v) is 11.5. The summed E-state index contributed by atoms with van der Waals surface area (Å²) in [4.78, 5) is 55.3. The molecular formula is C26H22N2O7. The third-order valence-corrected chi connectivity index (χ3v) is 7.08. The molecule has 3 heterocycles. The number of benzene rings is 2. The summed E-state index contributed by atoms with van der Waals surface area (Å²) in [6, 6.07) is 14.8. The average Bonchev–Trinajstić information content (AvgIpc) is 3.61. The minimum atomic E-state index is -1.14. The Morgan fingerprint density at radius 2 is 1.49 bits per heavy atom. The zero-order valence-corrected chi connectivity index (χ0v) is 18.7. The van der Waals surface area contributed by atoms with Gasteiger partial charge in [0.25, 0.3) is 11.8 Å². The Labute approximate surface area is 200 Å². The van der Waals surface area contributed by atoms with Crippen LogP contribution in [-0.2, 0) is 28.7 Å². The molecule has 2 aromatic rings. The Morgan fingerprint density at radius 3 is 2.06 bits per heavy atom. The summed E-state index contributed by atoms with van der Waals surface area (Å²) in [5.74, 6) is -3.66. The van der Waals surface area contributed by atoms with Crippen molar-refractivity contribution >= 4 is 23.9 Å². The van der Waals surface area contributed by atoms with E-state index < -0.39 is 54.0 Å². The number of nitrogens with one attached hydrogen (secondary N) is 1. The van der Waals surface area contributed by atoms with E-state index in [0.717, 1.165) is 22.3 Å². The molecule has 2 bridgehead atoms. The molecule has 0 aromatic heterocycles. The molecule has 1 aliphatic carbocycles. The third kappa shape index (κ3) is 3.34. The summed E-state index contributed by atoms with van der Waals surface area (Å²) in [6.07, 6.45) is 1.71. The number of hydrogen-bond acceptors (Lipinski definition) is 7. The van der Waals surface area contributed by atoms with E-state index in [0.29, 0.717) is 5.06 Å². The Balaban J connectivity index is 1.06. The van der Waals surface area contributed by atoms with Gasteiger partial charge in [-0.2, -0.15) is 0 Å². The van der Waals surface area contributed by atoms with Crippen LogP contribution in [-0.4, -0.2) is 53.8 Å². The average molecular weight is 474 g/mol. The van der Waals surface area contributed by atoms with E-state index in [9.17, 15) is 19.2 Å². The Morgan fingerprint density at radius 1 is 0.943 bits per heavy atom. The van der Waals surface area contributed by atoms with Gasteiger partial charge in [-0.15, -0.1) is 5.06 Å². The lowest BCUT2D eigenvalue weighted by Crippen LogP contribution is -2.45. The predicted octanol–water partition coefficient (Wildman–Crippen LogP) is 2.31. The number of fused-ring (bicyclic) bond motifs is 8. The standard InChI is InChI=1S/C26H22N2O7/c1-13(25(31)35-28-23(29)21-19-10-11-20(34-19)22(21)24(28)30)27-26(32)33-12-18-16-8-4-2-6-14(16)15-7-3-5-9-17(15)18/h2-11,13,18-22H,12H2,1H3,(H,27,32)/t13-,19-,20+,21-,22+/m0/s1. The molecule has 2 fully saturated rings. The fraction of sp³-hybridized carbons (Fsp3) is 0.308. The molecule has 0 unspecified atom stereocenters. The maximum atomic E-state index is 12.6. The van der Waals surface area contributed by atoms with Crippen LogP contribution in [0, 0.1) is 11.8 Å². The summed E-state index contributed by atoms with van der Waals surface area (Å²) >= 11 is 0. The first-order chi connectivity index (χ1) is 16.9. The number of ether oxygens (including phenoxy) is 2. The number of imide groups is 1. The van der Waals surface area contributed by atoms with Crippen molar-refractivity contribution in [3.05, 3.63) is 71.8 Å². The van der Waals surface area contributed by atoms with E-state index >= 15 is 0 Å². The second-order valence-corrected chi connectivity index (χ2v) is 9.07. The lowest BCUT2D eigenvalue weighted by molar-refractivity contribution is -0.201. The molecule has 6 rings (SSSR count). The molecule has 9 heteroatoms. The zero-order valence-electron chi connectivity index (χ0n) is 18.7. The predicted molar refractivity (Wildman–Crippen MR) is 120 cm³/mol. The molecule has 0 spiro atoms. The van der Waals surface area contributed by atoms with Gasteiger partial charge in [0, 0.05) is 5.92 Å². The minimum Gasteiger partial charge on any atom is -0.449 e. The number of carbonyl (C=O) groups excluding carboxylic acids is 4. The molecule has 2 aromatic carbocycles. The van der Waals surface area contributed by atoms with Gasteiger partial charge >= 0.3 is 12.1 Å². The molecule has 0 saturated carbocycles. The fourth-order valence-electron chi connectivity index (χ4n) is 5.41. The van der Waals surface area contributed by atoms with E-state index in [2.05, 4.69) is 5.32 Å². The molecule has 2 saturated heterocycles. The van der Waals surface area contributed by atoms with Gasteiger partial charge in [-0.1, -0.05) is 60.7 Å². The van der Waals surface area contributed by atoms with E-state index in [4.69, 9.17) is 14.3 Å². The van der Waals surface area contributed by atoms with E-state index in [-0.39, 0.29) is 12.5 Å². The molecule has 3 aliphatic heterocycles. The highest BCUT2D eigenvalue weighted by molar-refractivity contribution is 6.06. The number of rotatable bonds is 5. The summed E-state index contributed by atoms with van der Waals surface area (Å²) in [7, 11) is 0. The van der Waals surface area contributed by atoms with E-state index in [1.165, 1.54) is 6.92 Å². The Bertz CT molecular complexity index is 1210. The van der Waals surface area contributed by atoms with Crippen LogP contribution in [0.2, 0.25) is 0 Å². The summed E-state index contributed by atoms with van der Waals surface area (Å²) in [6.45, 7) is 1.48. The topological polar surface area (TPSA) is 111 Å². The number of alkyl carbamates (subject to hydrolysis) is 1. The van der Waals surface area contributed by atoms with Crippen molar-refractivity contribution in [2.45, 2.75) is 31.1 Å². The third-order valence-electron chi connectivity index (χ3n) is 7.08. The first kappa shape index (κ1) is 21.5. The number of hydroxylamine groups is 2. The smallest absolute Gasteiger partial charge is 0.407 e. The van der Waals surface area contributed by atoms with Crippen molar-refractivity contribution in [1.82, 2.24) is 10.4 Å². The van der Waals surface area contributed by atoms with Gasteiger partial charge in [0.05, 0.1) is 24.0 Å². The van der Waals surface area contributed by atoms with Gasteiger partial charge in [-0.05, 0) is 29.2 Å². The first-order valence-electron chi connectivity index (χ1n) is 11.5. The van der Waals surface area contributed by atoms with Gasteiger partial charge in [0.2, 0.25) is 0 Å². The van der Waals surface area contributed by atoms with Crippen LogP contribution in [0.4, 0.5) is 4.79 Å². The summed E-state index contributed by atoms with van der Waals surface area (Å²) in [5.41, 5.74) is 4.34. The number of hydrogen-bond donors (Lipinski definition) is 1. The van der Waals surface area contributed by atoms with Crippen LogP contribution >= 0.6 is 0 Å². The van der Waals surface area contributed by atoms with Gasteiger partial charge in [-0.3, -0.25) is 9.59 Å². The van der Waals surface area contributed by atoms with E-state index in [1.54, 1.807) is 12.2 Å². The lowest BCUT2D eigenvalue weighted by atomic mass is 9.85. The number of amides is 3. The molecule has 35 heavy (non-hydrogen) atoms. The Kier molecular flexibility index (Phi) is 4.96. The molecule has 5 atom stereocenters. The van der Waals surface area contributed by atoms with Crippen LogP contribution in [0.1, 0.15) is 24.0 Å². The van der Waals surface area contributed by atoms with Gasteiger partial charge in [0.1, 0.15) is 12.6 Å². The normalized spacial score (nSPS) is 26.4. The highest BCUT2D eigenvalue weighted by Gasteiger charge is 2.62. The van der Waals surface area contributed by atoms with Crippen LogP contribution in [0.15, 0.2) is 60.7 Å². The number of nitrogens with zero attached hydrogens (tertiary/aromatic N) is 1. The molecule has 4 aliphatic rings. The van der Waals surface area contributed by atoms with Crippen LogP contribution in [0.3, 0.4) is 0 Å². The van der Waals surface area contributed by atoms with Crippen LogP contribution < -0.4 is 5.32 Å². The summed E-state index contributed by atoms with van der Waals surface area (Å²) in [5, 5.41) is 2.92. The zero-order chi connectivity index (χ0) is 24.3. The number of carbonyl (C=O) groups is 4. The van der Waals surface area contributed by atoms with Gasteiger partial charge in [-0.25, -0.2) is 9.59 Å². The monoisotopic (exact) mass is 474 g/mol. The Hall–Kier alpha value is -3.98. The van der Waals surface area contributed by atoms with Gasteiger partial charge in [0.15, 0.2) is 0 Å². The maximum Gasteiger partial charge on any atom is 0.407 e. The second-order valence-electron chi connectivity index (χ2n) is 9.07. The second kappa shape index (κ2) is 8.06. The molecule has 178 valence electrons. The quantitative estimate of drug-likeness (QED) is 0.523. The molecule has 1 N–H and O–H groups in total. The van der Waals surface area contributed by atoms with Crippen LogP contribution in [0.25, 0.3) is 11.1 Å². The van der Waals surface area contributed by atoms with Crippen molar-refractivity contribution in [2.75, 3.05) is 6.61 Å². The molecule has 9 nitrogen and oxygen atoms in total. The van der Waals surface area contributed by atoms with Crippen LogP contribution in [0.5, 0.6) is 0 Å². The van der Waals surface area contributed by atoms with Crippen molar-refractivity contribution in [3.8, 4) is 11.1 Å². The van der Waals surface area contributed by atoms with Crippen molar-refractivity contribution < 1.29 is 33.5 Å². The van der Waals surface area contributed by atoms with Crippen molar-refractivity contribution in [3.63, 3.8) is 0 Å². The largest absolute Gasteiger partial charge is 0.449 e. The highest BCUT2D eigenvalue weighted by Crippen LogP contribution is 2.46. The molecular weight excluding hydrogens is 452 g/mol. The fourth-order valence-corrected chi connectivity index (χ4v) is 5.41. The minimum absolute atomic E-state index is 0.0872. The lowest BCUT2D eigenvalue weighted by Gasteiger charge is -2.19. The SMILES string of the molecule is C[C@H](NC(=O)OCC1c2ccccc2-c2ccccc21)C(=O)ON1C(=O)[C@@H]2[C@H](C1=O)[C@H]1C=C[C@@H]2O1. The van der Waals surface area contributed by atoms with E-state index in [1.807, 2.05) is 48.5 Å². The summed E-state index contributed by atoms with van der Waals surface area (Å²) < 4.78 is 11.0.